The van der Waals surface area contributed by atoms with E-state index in [1.807, 2.05) is 6.92 Å². The maximum Gasteiger partial charge on any atom is 0.299 e. The van der Waals surface area contributed by atoms with E-state index in [9.17, 15) is 32.1 Å². The molecule has 0 atom stereocenters. The van der Waals surface area contributed by atoms with E-state index < -0.39 is 52.1 Å². The van der Waals surface area contributed by atoms with Crippen molar-refractivity contribution in [3.8, 4) is 5.75 Å². The topological polar surface area (TPSA) is 226 Å². The predicted octanol–water partition coefficient (Wildman–Crippen LogP) is 5.85. The number of non-ortho nitro benzene ring substituents is 1. The largest absolute Gasteiger partial charge is 0.505 e. The molecule has 0 unspecified atom stereocenters. The van der Waals surface area contributed by atoms with Crippen molar-refractivity contribution in [3.63, 3.8) is 0 Å². The molecule has 0 heterocycles. The minimum Gasteiger partial charge on any atom is -0.505 e. The van der Waals surface area contributed by atoms with Crippen LogP contribution in [0.2, 0.25) is 0 Å². The van der Waals surface area contributed by atoms with Gasteiger partial charge in [-0.15, -0.1) is 15.3 Å². The molecule has 218 valence electrons. The molecule has 0 fully saturated rings. The number of azo groups is 2. The third-order valence-electron chi connectivity index (χ3n) is 5.92. The number of aromatic hydroxyl groups is 1. The van der Waals surface area contributed by atoms with Crippen molar-refractivity contribution in [2.24, 2.45) is 20.5 Å². The Morgan fingerprint density at radius 1 is 0.810 bits per heavy atom. The van der Waals surface area contributed by atoms with Crippen molar-refractivity contribution in [1.82, 2.24) is 0 Å². The molecule has 4 rings (SSSR count). The Hall–Kier alpha value is -4.84. The molecule has 0 aromatic heterocycles. The van der Waals surface area contributed by atoms with Crippen molar-refractivity contribution in [3.05, 3.63) is 76.3 Å². The number of hydrogen-bond donors (Lipinski definition) is 2. The molecule has 0 radical (unpaired) electrons. The van der Waals surface area contributed by atoms with Crippen molar-refractivity contribution >= 4 is 65.1 Å². The van der Waals surface area contributed by atoms with E-state index in [1.165, 1.54) is 12.1 Å². The molecule has 0 aliphatic carbocycles. The smallest absolute Gasteiger partial charge is 0.299 e. The van der Waals surface area contributed by atoms with Gasteiger partial charge in [0.1, 0.15) is 21.2 Å². The lowest BCUT2D eigenvalue weighted by atomic mass is 10.0. The Balaban J connectivity index is 1.95. The van der Waals surface area contributed by atoms with Crippen LogP contribution >= 0.6 is 0 Å². The number of aryl methyl sites for hydroxylation is 1. The number of benzene rings is 4. The Kier molecular flexibility index (Phi) is 8.30. The van der Waals surface area contributed by atoms with Crippen LogP contribution in [0.15, 0.2) is 90.9 Å². The van der Waals surface area contributed by atoms with Gasteiger partial charge in [0.05, 0.1) is 35.9 Å². The fraction of sp³-hybridized carbons (Fsp3) is 0.120. The second-order valence-electron chi connectivity index (χ2n) is 8.55. The quantitative estimate of drug-likeness (QED) is 0.0751. The van der Waals surface area contributed by atoms with Crippen LogP contribution in [0, 0.1) is 17.0 Å². The molecule has 4 aromatic carbocycles. The van der Waals surface area contributed by atoms with Gasteiger partial charge in [-0.25, -0.2) is 0 Å². The minimum atomic E-state index is -4.48. The van der Waals surface area contributed by atoms with Crippen molar-refractivity contribution < 1.29 is 35.2 Å². The van der Waals surface area contributed by atoms with Crippen LogP contribution in [0.1, 0.15) is 5.56 Å². The first kappa shape index (κ1) is 30.1. The molecule has 42 heavy (non-hydrogen) atoms. The number of rotatable bonds is 9. The zero-order valence-electron chi connectivity index (χ0n) is 22.1. The summed E-state index contributed by atoms with van der Waals surface area (Å²) in [6, 6.07) is 13.4. The van der Waals surface area contributed by atoms with E-state index in [0.29, 0.717) is 5.69 Å². The lowest BCUT2D eigenvalue weighted by molar-refractivity contribution is -0.385. The van der Waals surface area contributed by atoms with Gasteiger partial charge < -0.3 is 10.8 Å². The van der Waals surface area contributed by atoms with E-state index in [4.69, 9.17) is 5.73 Å². The van der Waals surface area contributed by atoms with Gasteiger partial charge in [-0.3, -0.25) is 18.5 Å². The van der Waals surface area contributed by atoms with Crippen LogP contribution in [0.3, 0.4) is 0 Å². The maximum atomic E-state index is 12.9. The molecule has 0 aliphatic heterocycles. The third kappa shape index (κ3) is 5.93. The average molecular weight is 615 g/mol. The molecule has 0 saturated carbocycles. The van der Waals surface area contributed by atoms with E-state index in [2.05, 4.69) is 28.8 Å². The molecule has 0 spiro atoms. The van der Waals surface area contributed by atoms with E-state index in [-0.39, 0.29) is 27.8 Å². The van der Waals surface area contributed by atoms with Crippen LogP contribution in [-0.2, 0) is 28.6 Å². The fourth-order valence-corrected chi connectivity index (χ4v) is 5.38. The summed E-state index contributed by atoms with van der Waals surface area (Å²) in [5, 5.41) is 38.2. The zero-order valence-corrected chi connectivity index (χ0v) is 23.7. The van der Waals surface area contributed by atoms with E-state index in [1.54, 1.807) is 24.3 Å². The molecule has 0 aliphatic rings. The molecule has 17 heteroatoms. The van der Waals surface area contributed by atoms with Gasteiger partial charge >= 0.3 is 0 Å². The van der Waals surface area contributed by atoms with Gasteiger partial charge in [-0.05, 0) is 43.3 Å². The van der Waals surface area contributed by atoms with Gasteiger partial charge in [-0.2, -0.15) is 21.9 Å². The van der Waals surface area contributed by atoms with Gasteiger partial charge in [-0.1, -0.05) is 17.7 Å². The molecular weight excluding hydrogens is 592 g/mol. The van der Waals surface area contributed by atoms with Crippen LogP contribution < -0.4 is 5.73 Å². The lowest BCUT2D eigenvalue weighted by Crippen LogP contribution is -2.04. The van der Waals surface area contributed by atoms with Crippen LogP contribution in [-0.4, -0.2) is 41.1 Å². The maximum absolute atomic E-state index is 12.9. The number of nitro benzene ring substituents is 1. The van der Waals surface area contributed by atoms with Gasteiger partial charge in [0, 0.05) is 23.2 Å². The first-order valence-electron chi connectivity index (χ1n) is 11.7. The summed E-state index contributed by atoms with van der Waals surface area (Å²) < 4.78 is 59.7. The molecule has 0 saturated heterocycles. The molecular formula is C25H22N6O9S2. The molecule has 0 bridgehead atoms. The van der Waals surface area contributed by atoms with Crippen molar-refractivity contribution in [2.75, 3.05) is 20.0 Å². The van der Waals surface area contributed by atoms with Crippen molar-refractivity contribution in [1.29, 1.82) is 0 Å². The SMILES string of the molecule is COS(=O)(=O)c1cc([N+](=O)[O-])ccc1N=Nc1ccc(N)c2c(O)c(N=Nc3ccc(C)cc3)c(S(=O)(=O)OC)cc12. The summed E-state index contributed by atoms with van der Waals surface area (Å²) in [7, 11) is -7.14. The number of hydrogen-bond acceptors (Lipinski definition) is 14. The van der Waals surface area contributed by atoms with E-state index in [0.717, 1.165) is 44.0 Å². The molecule has 0 amide bonds. The number of phenolic OH excluding ortho intramolecular Hbond substituents is 1. The highest BCUT2D eigenvalue weighted by atomic mass is 32.2. The Morgan fingerprint density at radius 3 is 2.02 bits per heavy atom. The zero-order chi connectivity index (χ0) is 30.8. The summed E-state index contributed by atoms with van der Waals surface area (Å²) >= 11 is 0. The number of nitrogens with two attached hydrogens (primary N) is 1. The predicted molar refractivity (Wildman–Crippen MR) is 151 cm³/mol. The number of nitrogens with zero attached hydrogens (tertiary/aromatic N) is 5. The second-order valence-corrected chi connectivity index (χ2v) is 11.9. The van der Waals surface area contributed by atoms with E-state index >= 15 is 0 Å². The Labute approximate surface area is 239 Å². The first-order valence-corrected chi connectivity index (χ1v) is 14.5. The van der Waals surface area contributed by atoms with Gasteiger partial charge in [0.25, 0.3) is 25.9 Å². The Morgan fingerprint density at radius 2 is 1.40 bits per heavy atom. The summed E-state index contributed by atoms with van der Waals surface area (Å²) in [6.07, 6.45) is 0. The highest BCUT2D eigenvalue weighted by molar-refractivity contribution is 7.87. The number of anilines is 1. The monoisotopic (exact) mass is 614 g/mol. The molecule has 3 N–H and O–H groups in total. The summed E-state index contributed by atoms with van der Waals surface area (Å²) in [5.74, 6) is -0.647. The van der Waals surface area contributed by atoms with Crippen LogP contribution in [0.25, 0.3) is 10.8 Å². The molecule has 15 nitrogen and oxygen atoms in total. The average Bonchev–Trinajstić information content (AvgIpc) is 2.96. The second kappa shape index (κ2) is 11.6. The number of nitro groups is 1. The Bertz CT molecular complexity index is 1990. The van der Waals surface area contributed by atoms with Crippen LogP contribution in [0.5, 0.6) is 5.75 Å². The number of phenols is 1. The summed E-state index contributed by atoms with van der Waals surface area (Å²) in [5.41, 5.74) is 6.12. The summed E-state index contributed by atoms with van der Waals surface area (Å²) in [4.78, 5) is 9.19. The minimum absolute atomic E-state index is 0.0146. The number of nitrogen functional groups attached to an aromatic ring is 1. The molecule has 4 aromatic rings. The third-order valence-corrected chi connectivity index (χ3v) is 8.51. The lowest BCUT2D eigenvalue weighted by Gasteiger charge is -2.13. The highest BCUT2D eigenvalue weighted by Crippen LogP contribution is 2.47. The normalized spacial score (nSPS) is 12.5. The van der Waals surface area contributed by atoms with Crippen molar-refractivity contribution in [2.45, 2.75) is 16.7 Å². The number of fused-ring (bicyclic) bond motifs is 1. The highest BCUT2D eigenvalue weighted by Gasteiger charge is 2.26. The van der Waals surface area contributed by atoms with Crippen LogP contribution in [0.4, 0.5) is 34.1 Å². The standard InChI is InChI=1S/C25H22N6O9S2/c1-14-4-6-15(7-5-14)27-30-24-22(42(37,38)40-3)13-17-19(11-9-18(26)23(17)25(24)32)28-29-20-10-8-16(31(33)34)12-21(20)41(35,36)39-2/h4-13,32H,26H2,1-3H3. The first-order chi connectivity index (χ1) is 19.8. The van der Waals surface area contributed by atoms with Gasteiger partial charge in [0.2, 0.25) is 0 Å². The van der Waals surface area contributed by atoms with Gasteiger partial charge in [0.15, 0.2) is 5.75 Å². The summed E-state index contributed by atoms with van der Waals surface area (Å²) in [6.45, 7) is 1.87. The fourth-order valence-electron chi connectivity index (χ4n) is 3.75.